The van der Waals surface area contributed by atoms with E-state index in [4.69, 9.17) is 10.2 Å². The number of nitrogens with zero attached hydrogens (tertiary/aromatic N) is 1. The third-order valence-corrected chi connectivity index (χ3v) is 4.05. The van der Waals surface area contributed by atoms with Gasteiger partial charge in [-0.25, -0.2) is 4.98 Å². The summed E-state index contributed by atoms with van der Waals surface area (Å²) in [5, 5.41) is 2.03. The molecule has 3 aromatic rings. The lowest BCUT2D eigenvalue weighted by atomic mass is 10.3. The summed E-state index contributed by atoms with van der Waals surface area (Å²) in [6.07, 6.45) is 0. The van der Waals surface area contributed by atoms with E-state index in [-0.39, 0.29) is 0 Å². The van der Waals surface area contributed by atoms with Crippen LogP contribution in [-0.4, -0.2) is 4.98 Å². The normalized spacial score (nSPS) is 11.1. The van der Waals surface area contributed by atoms with Crippen molar-refractivity contribution in [3.05, 3.63) is 32.5 Å². The number of hydrogen-bond donors (Lipinski definition) is 1. The molecular formula is C11H7IN2OS. The fourth-order valence-corrected chi connectivity index (χ4v) is 2.84. The molecule has 5 heteroatoms. The molecule has 0 spiro atoms. The molecule has 0 radical (unpaired) electrons. The lowest BCUT2D eigenvalue weighted by Crippen LogP contribution is -1.84. The van der Waals surface area contributed by atoms with Gasteiger partial charge in [-0.05, 0) is 40.8 Å². The van der Waals surface area contributed by atoms with Crippen molar-refractivity contribution in [2.24, 2.45) is 0 Å². The van der Waals surface area contributed by atoms with Gasteiger partial charge in [0.15, 0.2) is 5.58 Å². The van der Waals surface area contributed by atoms with Gasteiger partial charge in [0.05, 0.1) is 8.57 Å². The number of thiophene rings is 1. The summed E-state index contributed by atoms with van der Waals surface area (Å²) in [6, 6.07) is 7.61. The number of nitrogens with two attached hydrogens (primary N) is 1. The monoisotopic (exact) mass is 342 g/mol. The van der Waals surface area contributed by atoms with Crippen molar-refractivity contribution in [2.75, 3.05) is 5.73 Å². The van der Waals surface area contributed by atoms with Gasteiger partial charge in [0.25, 0.3) is 0 Å². The maximum atomic E-state index is 5.83. The largest absolute Gasteiger partial charge is 0.436 e. The minimum absolute atomic E-state index is 0.632. The van der Waals surface area contributed by atoms with E-state index in [0.29, 0.717) is 11.6 Å². The van der Waals surface area contributed by atoms with E-state index in [1.54, 1.807) is 11.3 Å². The van der Waals surface area contributed by atoms with Gasteiger partial charge in [-0.1, -0.05) is 6.07 Å². The first-order valence-corrected chi connectivity index (χ1v) is 6.59. The van der Waals surface area contributed by atoms with E-state index in [1.807, 2.05) is 29.6 Å². The number of hydrogen-bond acceptors (Lipinski definition) is 4. The van der Waals surface area contributed by atoms with Crippen LogP contribution < -0.4 is 5.73 Å². The van der Waals surface area contributed by atoms with Crippen LogP contribution in [0.2, 0.25) is 0 Å². The first kappa shape index (κ1) is 10.1. The SMILES string of the molecule is Nc1cccc2oc(-c3csc(I)c3)nc12. The molecule has 0 aliphatic carbocycles. The molecule has 0 aliphatic rings. The Morgan fingerprint density at radius 3 is 2.94 bits per heavy atom. The van der Waals surface area contributed by atoms with Crippen molar-refractivity contribution >= 4 is 50.7 Å². The van der Waals surface area contributed by atoms with Crippen molar-refractivity contribution in [3.8, 4) is 11.5 Å². The zero-order valence-electron chi connectivity index (χ0n) is 8.11. The number of halogens is 1. The molecule has 80 valence electrons. The van der Waals surface area contributed by atoms with Crippen LogP contribution in [-0.2, 0) is 0 Å². The lowest BCUT2D eigenvalue weighted by Gasteiger charge is -1.89. The number of aromatic nitrogens is 1. The Kier molecular flexibility index (Phi) is 2.36. The number of benzene rings is 1. The Bertz CT molecular complexity index is 659. The zero-order valence-corrected chi connectivity index (χ0v) is 11.1. The van der Waals surface area contributed by atoms with Crippen LogP contribution in [0, 0.1) is 2.88 Å². The molecule has 1 aromatic carbocycles. The summed E-state index contributed by atoms with van der Waals surface area (Å²) in [6.45, 7) is 0. The minimum Gasteiger partial charge on any atom is -0.436 e. The molecule has 0 bridgehead atoms. The topological polar surface area (TPSA) is 52.0 Å². The summed E-state index contributed by atoms with van der Waals surface area (Å²) in [4.78, 5) is 4.41. The number of oxazole rings is 1. The standard InChI is InChI=1S/C11H7IN2OS/c12-9-4-6(5-16-9)11-14-10-7(13)2-1-3-8(10)15-11/h1-5H,13H2. The number of rotatable bonds is 1. The van der Waals surface area contributed by atoms with Gasteiger partial charge in [0.1, 0.15) is 5.52 Å². The average Bonchev–Trinajstić information content (AvgIpc) is 2.84. The Morgan fingerprint density at radius 1 is 1.38 bits per heavy atom. The van der Waals surface area contributed by atoms with Crippen LogP contribution in [0.25, 0.3) is 22.6 Å². The van der Waals surface area contributed by atoms with E-state index in [9.17, 15) is 0 Å². The Balaban J connectivity index is 2.22. The minimum atomic E-state index is 0.632. The molecule has 0 fully saturated rings. The third-order valence-electron chi connectivity index (χ3n) is 2.26. The van der Waals surface area contributed by atoms with Crippen molar-refractivity contribution in [1.29, 1.82) is 0 Å². The molecule has 2 heterocycles. The van der Waals surface area contributed by atoms with Gasteiger partial charge >= 0.3 is 0 Å². The summed E-state index contributed by atoms with van der Waals surface area (Å²) in [7, 11) is 0. The van der Waals surface area contributed by atoms with Crippen LogP contribution >= 0.6 is 33.9 Å². The summed E-state index contributed by atoms with van der Waals surface area (Å²) < 4.78 is 6.87. The first-order valence-electron chi connectivity index (χ1n) is 4.63. The van der Waals surface area contributed by atoms with E-state index in [0.717, 1.165) is 16.7 Å². The predicted octanol–water partition coefficient (Wildman–Crippen LogP) is 3.74. The smallest absolute Gasteiger partial charge is 0.228 e. The van der Waals surface area contributed by atoms with Crippen LogP contribution in [0.3, 0.4) is 0 Å². The maximum Gasteiger partial charge on any atom is 0.228 e. The molecule has 2 N–H and O–H groups in total. The van der Waals surface area contributed by atoms with Crippen LogP contribution in [0.5, 0.6) is 0 Å². The van der Waals surface area contributed by atoms with Crippen LogP contribution in [0.15, 0.2) is 34.1 Å². The highest BCUT2D eigenvalue weighted by Gasteiger charge is 2.11. The molecule has 0 atom stereocenters. The molecule has 0 saturated carbocycles. The first-order chi connectivity index (χ1) is 7.74. The predicted molar refractivity (Wildman–Crippen MR) is 74.5 cm³/mol. The summed E-state index contributed by atoms with van der Waals surface area (Å²) in [5.74, 6) is 0.632. The highest BCUT2D eigenvalue weighted by atomic mass is 127. The van der Waals surface area contributed by atoms with Gasteiger partial charge in [-0.2, -0.15) is 0 Å². The molecule has 0 amide bonds. The molecule has 3 rings (SSSR count). The number of anilines is 1. The molecule has 0 unspecified atom stereocenters. The van der Waals surface area contributed by atoms with Crippen LogP contribution in [0.4, 0.5) is 5.69 Å². The van der Waals surface area contributed by atoms with Gasteiger partial charge in [0.2, 0.25) is 5.89 Å². The fourth-order valence-electron chi connectivity index (χ4n) is 1.52. The second-order valence-corrected chi connectivity index (χ2v) is 6.16. The van der Waals surface area contributed by atoms with Crippen molar-refractivity contribution in [2.45, 2.75) is 0 Å². The fraction of sp³-hybridized carbons (Fsp3) is 0. The molecule has 2 aromatic heterocycles. The second-order valence-electron chi connectivity index (χ2n) is 3.35. The van der Waals surface area contributed by atoms with Gasteiger partial charge in [-0.3, -0.25) is 0 Å². The maximum absolute atomic E-state index is 5.83. The van der Waals surface area contributed by atoms with Crippen molar-refractivity contribution in [3.63, 3.8) is 0 Å². The van der Waals surface area contributed by atoms with Gasteiger partial charge < -0.3 is 10.2 Å². The number of fused-ring (bicyclic) bond motifs is 1. The summed E-state index contributed by atoms with van der Waals surface area (Å²) >= 11 is 3.95. The summed E-state index contributed by atoms with van der Waals surface area (Å²) in [5.41, 5.74) is 8.95. The molecule has 0 saturated heterocycles. The highest BCUT2D eigenvalue weighted by Crippen LogP contribution is 2.30. The number of para-hydroxylation sites is 1. The second kappa shape index (κ2) is 3.74. The van der Waals surface area contributed by atoms with E-state index >= 15 is 0 Å². The Labute approximate surface area is 109 Å². The van der Waals surface area contributed by atoms with E-state index in [1.165, 1.54) is 2.88 Å². The average molecular weight is 342 g/mol. The van der Waals surface area contributed by atoms with Gasteiger partial charge in [0, 0.05) is 10.9 Å². The molecule has 0 aliphatic heterocycles. The number of nitrogen functional groups attached to an aromatic ring is 1. The van der Waals surface area contributed by atoms with Crippen molar-refractivity contribution in [1.82, 2.24) is 4.98 Å². The van der Waals surface area contributed by atoms with Crippen molar-refractivity contribution < 1.29 is 4.42 Å². The zero-order chi connectivity index (χ0) is 11.1. The Hall–Kier alpha value is -1.08. The Morgan fingerprint density at radius 2 is 2.25 bits per heavy atom. The highest BCUT2D eigenvalue weighted by molar-refractivity contribution is 14.1. The lowest BCUT2D eigenvalue weighted by molar-refractivity contribution is 0.620. The van der Waals surface area contributed by atoms with Crippen LogP contribution in [0.1, 0.15) is 0 Å². The van der Waals surface area contributed by atoms with Gasteiger partial charge in [-0.15, -0.1) is 11.3 Å². The van der Waals surface area contributed by atoms with E-state index in [2.05, 4.69) is 27.6 Å². The third kappa shape index (κ3) is 1.60. The molecule has 16 heavy (non-hydrogen) atoms. The quantitative estimate of drug-likeness (QED) is 0.541. The molecule has 3 nitrogen and oxygen atoms in total. The van der Waals surface area contributed by atoms with E-state index < -0.39 is 0 Å². The molecular weight excluding hydrogens is 335 g/mol.